The molecule has 0 spiro atoms. The molecule has 1 aliphatic rings. The third kappa shape index (κ3) is 3.07. The van der Waals surface area contributed by atoms with Crippen LogP contribution in [0.2, 0.25) is 0 Å². The molecule has 1 saturated heterocycles. The molecule has 19 heavy (non-hydrogen) atoms. The third-order valence-corrected chi connectivity index (χ3v) is 4.78. The summed E-state index contributed by atoms with van der Waals surface area (Å²) in [6, 6.07) is -0.173. The first-order chi connectivity index (χ1) is 8.95. The lowest BCUT2D eigenvalue weighted by Gasteiger charge is -2.47. The highest BCUT2D eigenvalue weighted by molar-refractivity contribution is 7.98. The van der Waals surface area contributed by atoms with E-state index in [0.29, 0.717) is 12.8 Å². The van der Waals surface area contributed by atoms with Gasteiger partial charge in [-0.3, -0.25) is 9.59 Å². The fourth-order valence-electron chi connectivity index (χ4n) is 2.59. The van der Waals surface area contributed by atoms with Crippen LogP contribution in [0.1, 0.15) is 47.0 Å². The van der Waals surface area contributed by atoms with Crippen LogP contribution in [0.3, 0.4) is 0 Å². The Hall–Kier alpha value is -0.710. The first-order valence-electron chi connectivity index (χ1n) is 7.08. The summed E-state index contributed by atoms with van der Waals surface area (Å²) < 4.78 is 0. The van der Waals surface area contributed by atoms with Gasteiger partial charge in [-0.25, -0.2) is 0 Å². The van der Waals surface area contributed by atoms with Gasteiger partial charge in [-0.2, -0.15) is 11.8 Å². The molecule has 4 nitrogen and oxygen atoms in total. The van der Waals surface area contributed by atoms with Crippen LogP contribution < -0.4 is 5.32 Å². The summed E-state index contributed by atoms with van der Waals surface area (Å²) >= 11 is 1.73. The van der Waals surface area contributed by atoms with Gasteiger partial charge in [0, 0.05) is 11.8 Å². The number of carbonyl (C=O) groups excluding carboxylic acids is 2. The van der Waals surface area contributed by atoms with E-state index in [1.165, 1.54) is 0 Å². The summed E-state index contributed by atoms with van der Waals surface area (Å²) in [6.07, 6.45) is 4.22. The van der Waals surface area contributed by atoms with Gasteiger partial charge in [-0.15, -0.1) is 0 Å². The summed E-state index contributed by atoms with van der Waals surface area (Å²) in [4.78, 5) is 26.9. The van der Waals surface area contributed by atoms with Crippen molar-refractivity contribution in [2.45, 2.75) is 64.6 Å². The maximum atomic E-state index is 12.8. The Labute approximate surface area is 120 Å². The Morgan fingerprint density at radius 2 is 2.00 bits per heavy atom. The van der Waals surface area contributed by atoms with Crippen molar-refractivity contribution in [2.75, 3.05) is 12.0 Å². The summed E-state index contributed by atoms with van der Waals surface area (Å²) in [7, 11) is 0. The van der Waals surface area contributed by atoms with E-state index in [1.54, 1.807) is 11.8 Å². The Kier molecular flexibility index (Phi) is 5.71. The highest BCUT2D eigenvalue weighted by Gasteiger charge is 2.48. The molecule has 0 aromatic carbocycles. The van der Waals surface area contributed by atoms with Crippen molar-refractivity contribution in [1.82, 2.24) is 10.2 Å². The number of hydrogen-bond acceptors (Lipinski definition) is 3. The zero-order chi connectivity index (χ0) is 14.6. The van der Waals surface area contributed by atoms with Crippen molar-refractivity contribution in [1.29, 1.82) is 0 Å². The van der Waals surface area contributed by atoms with Crippen molar-refractivity contribution in [3.63, 3.8) is 0 Å². The molecule has 3 unspecified atom stereocenters. The highest BCUT2D eigenvalue weighted by atomic mass is 32.2. The molecule has 0 aliphatic carbocycles. The number of piperazine rings is 1. The minimum absolute atomic E-state index is 0.00833. The Morgan fingerprint density at radius 1 is 1.37 bits per heavy atom. The molecular weight excluding hydrogens is 260 g/mol. The standard InChI is InChI=1S/C14H26N2O2S/c1-6-10(9-19-5)16-11(7-2)12(17)15-14(4,8-3)13(16)18/h10-11H,6-9H2,1-5H3,(H,15,17). The van der Waals surface area contributed by atoms with E-state index >= 15 is 0 Å². The van der Waals surface area contributed by atoms with Crippen LogP contribution in [0.4, 0.5) is 0 Å². The number of nitrogens with zero attached hydrogens (tertiary/aromatic N) is 1. The summed E-state index contributed by atoms with van der Waals surface area (Å²) in [6.45, 7) is 7.82. The molecule has 0 aromatic rings. The Morgan fingerprint density at radius 3 is 2.42 bits per heavy atom. The van der Waals surface area contributed by atoms with Crippen LogP contribution in [0.25, 0.3) is 0 Å². The molecule has 2 amide bonds. The SMILES string of the molecule is CCC(CSC)N1C(=O)C(C)(CC)NC(=O)C1CC. The topological polar surface area (TPSA) is 49.4 Å². The van der Waals surface area contributed by atoms with Gasteiger partial charge < -0.3 is 10.2 Å². The molecule has 0 aromatic heterocycles. The van der Waals surface area contributed by atoms with E-state index in [4.69, 9.17) is 0 Å². The average molecular weight is 286 g/mol. The number of rotatable bonds is 6. The van der Waals surface area contributed by atoms with Crippen LogP contribution in [0.5, 0.6) is 0 Å². The molecule has 0 saturated carbocycles. The summed E-state index contributed by atoms with van der Waals surface area (Å²) in [5.41, 5.74) is -0.741. The molecule has 5 heteroatoms. The molecule has 0 radical (unpaired) electrons. The molecule has 1 aliphatic heterocycles. The third-order valence-electron chi connectivity index (χ3n) is 4.06. The van der Waals surface area contributed by atoms with Crippen molar-refractivity contribution < 1.29 is 9.59 Å². The normalized spacial score (nSPS) is 29.3. The van der Waals surface area contributed by atoms with Gasteiger partial charge in [0.25, 0.3) is 0 Å². The van der Waals surface area contributed by atoms with Crippen LogP contribution in [-0.2, 0) is 9.59 Å². The molecule has 110 valence electrons. The number of thioether (sulfide) groups is 1. The Bertz CT molecular complexity index is 348. The lowest BCUT2D eigenvalue weighted by molar-refractivity contribution is -0.157. The first kappa shape index (κ1) is 16.3. The molecule has 3 atom stereocenters. The van der Waals surface area contributed by atoms with Gasteiger partial charge in [0.15, 0.2) is 0 Å². The molecule has 1 fully saturated rings. The fraction of sp³-hybridized carbons (Fsp3) is 0.857. The minimum atomic E-state index is -0.741. The van der Waals surface area contributed by atoms with Crippen molar-refractivity contribution in [2.24, 2.45) is 0 Å². The van der Waals surface area contributed by atoms with Gasteiger partial charge in [-0.1, -0.05) is 20.8 Å². The number of nitrogens with one attached hydrogen (secondary N) is 1. The molecule has 1 N–H and O–H groups in total. The second-order valence-corrected chi connectivity index (χ2v) is 6.24. The number of amides is 2. The second kappa shape index (κ2) is 6.64. The minimum Gasteiger partial charge on any atom is -0.340 e. The molecular formula is C14H26N2O2S. The van der Waals surface area contributed by atoms with E-state index in [-0.39, 0.29) is 23.9 Å². The first-order valence-corrected chi connectivity index (χ1v) is 8.48. The van der Waals surface area contributed by atoms with Gasteiger partial charge in [0.2, 0.25) is 11.8 Å². The van der Waals surface area contributed by atoms with E-state index < -0.39 is 5.54 Å². The number of hydrogen-bond donors (Lipinski definition) is 1. The zero-order valence-electron chi connectivity index (χ0n) is 12.7. The smallest absolute Gasteiger partial charge is 0.248 e. The largest absolute Gasteiger partial charge is 0.340 e. The van der Waals surface area contributed by atoms with Crippen LogP contribution >= 0.6 is 11.8 Å². The second-order valence-electron chi connectivity index (χ2n) is 5.33. The average Bonchev–Trinajstić information content (AvgIpc) is 2.40. The van der Waals surface area contributed by atoms with E-state index in [1.807, 2.05) is 31.9 Å². The summed E-state index contributed by atoms with van der Waals surface area (Å²) in [5, 5.41) is 2.91. The molecule has 0 bridgehead atoms. The van der Waals surface area contributed by atoms with E-state index in [9.17, 15) is 9.59 Å². The lowest BCUT2D eigenvalue weighted by atomic mass is 9.89. The monoisotopic (exact) mass is 286 g/mol. The molecule has 1 heterocycles. The van der Waals surface area contributed by atoms with Crippen LogP contribution in [-0.4, -0.2) is 46.3 Å². The fourth-order valence-corrected chi connectivity index (χ4v) is 3.37. The Balaban J connectivity index is 3.11. The van der Waals surface area contributed by atoms with Crippen molar-refractivity contribution in [3.8, 4) is 0 Å². The van der Waals surface area contributed by atoms with Crippen molar-refractivity contribution >= 4 is 23.6 Å². The predicted octanol–water partition coefficient (Wildman–Crippen LogP) is 2.03. The van der Waals surface area contributed by atoms with Crippen molar-refractivity contribution in [3.05, 3.63) is 0 Å². The predicted molar refractivity (Wildman–Crippen MR) is 80.2 cm³/mol. The van der Waals surface area contributed by atoms with E-state index in [2.05, 4.69) is 12.2 Å². The van der Waals surface area contributed by atoms with E-state index in [0.717, 1.165) is 12.2 Å². The number of carbonyl (C=O) groups is 2. The quantitative estimate of drug-likeness (QED) is 0.813. The molecule has 1 rings (SSSR count). The van der Waals surface area contributed by atoms with Crippen LogP contribution in [0, 0.1) is 0 Å². The van der Waals surface area contributed by atoms with Gasteiger partial charge >= 0.3 is 0 Å². The van der Waals surface area contributed by atoms with Gasteiger partial charge in [-0.05, 0) is 32.4 Å². The maximum absolute atomic E-state index is 12.8. The van der Waals surface area contributed by atoms with Crippen LogP contribution in [0.15, 0.2) is 0 Å². The lowest BCUT2D eigenvalue weighted by Crippen LogP contribution is -2.71. The summed E-state index contributed by atoms with van der Waals surface area (Å²) in [5.74, 6) is 0.944. The van der Waals surface area contributed by atoms with Gasteiger partial charge in [0.05, 0.1) is 0 Å². The zero-order valence-corrected chi connectivity index (χ0v) is 13.5. The highest BCUT2D eigenvalue weighted by Crippen LogP contribution is 2.27. The maximum Gasteiger partial charge on any atom is 0.248 e. The van der Waals surface area contributed by atoms with Gasteiger partial charge in [0.1, 0.15) is 11.6 Å².